The van der Waals surface area contributed by atoms with E-state index in [-0.39, 0.29) is 0 Å². The van der Waals surface area contributed by atoms with Crippen LogP contribution in [0.25, 0.3) is 24.3 Å². The van der Waals surface area contributed by atoms with E-state index in [1.807, 2.05) is 73.7 Å². The molecule has 0 aliphatic rings. The van der Waals surface area contributed by atoms with Crippen LogP contribution >= 0.6 is 41.6 Å². The number of halogens is 2. The van der Waals surface area contributed by atoms with Gasteiger partial charge < -0.3 is 28.4 Å². The van der Waals surface area contributed by atoms with Gasteiger partial charge in [-0.25, -0.2) is 4.98 Å². The number of pyridine rings is 2. The first-order valence-electron chi connectivity index (χ1n) is 29.6. The molecule has 8 nitrogen and oxygen atoms in total. The maximum Gasteiger partial charge on any atom is 0.203 e. The van der Waals surface area contributed by atoms with Crippen LogP contribution in [0.15, 0.2) is 243 Å². The van der Waals surface area contributed by atoms with Crippen molar-refractivity contribution in [3.8, 4) is 28.7 Å². The number of nitrogens with zero attached hydrogens (tertiary/aromatic N) is 2. The predicted molar refractivity (Wildman–Crippen MR) is 382 cm³/mol. The van der Waals surface area contributed by atoms with Crippen LogP contribution in [0.3, 0.4) is 0 Å². The Morgan fingerprint density at radius 1 is 0.352 bits per heavy atom. The molecular formula is C76H78Br2N2O6P2. The van der Waals surface area contributed by atoms with Crippen molar-refractivity contribution in [3.63, 3.8) is 0 Å². The van der Waals surface area contributed by atoms with E-state index in [1.54, 1.807) is 35.5 Å². The third-order valence-corrected chi connectivity index (χ3v) is 34.9. The molecule has 0 atom stereocenters. The number of benzene rings is 8. The summed E-state index contributed by atoms with van der Waals surface area (Å²) in [5, 5.41) is 1.23. The van der Waals surface area contributed by atoms with Crippen LogP contribution in [-0.4, -0.2) is 58.7 Å². The molecule has 0 bridgehead atoms. The molecule has 0 N–H and O–H groups in total. The first-order chi connectivity index (χ1) is 42.9. The molecule has 0 amide bonds. The quantitative estimate of drug-likeness (QED) is 0.0392. The second-order valence-corrected chi connectivity index (χ2v) is 39.4. The molecule has 8 aromatic carbocycles. The van der Waals surface area contributed by atoms with E-state index in [2.05, 4.69) is 231 Å². The molecule has 0 radical (unpaired) electrons. The SMILES string of the molecule is BrP(Cc1cccc(CP(Br)(c2ccccc2)(c2ccccc2)c2ccccc2)n1)(c1ccccc1)(c1ccccc1)c1ccccc1.COCCCCCCOc1c(OC)cc(/C=C/c2cccc(/C=C/c3cc(OC)c(C)c(OC)c3)n2)cc1OC. The summed E-state index contributed by atoms with van der Waals surface area (Å²) >= 11 is 9.30. The van der Waals surface area contributed by atoms with Gasteiger partial charge in [0, 0.05) is 19.3 Å². The van der Waals surface area contributed by atoms with Gasteiger partial charge in [0.15, 0.2) is 11.5 Å². The number of rotatable bonds is 26. The fourth-order valence-corrected chi connectivity index (χ4v) is 26.4. The van der Waals surface area contributed by atoms with Crippen molar-refractivity contribution in [1.82, 2.24) is 9.97 Å². The Bertz CT molecular complexity index is 3500. The third kappa shape index (κ3) is 14.6. The van der Waals surface area contributed by atoms with Gasteiger partial charge in [-0.1, -0.05) is 24.6 Å². The van der Waals surface area contributed by atoms with E-state index in [1.165, 1.54) is 31.8 Å². The molecule has 0 aliphatic carbocycles. The molecule has 0 saturated carbocycles. The summed E-state index contributed by atoms with van der Waals surface area (Å²) in [4.78, 5) is 10.3. The Balaban J connectivity index is 0.000000214. The summed E-state index contributed by atoms with van der Waals surface area (Å²) in [5.41, 5.74) is 6.64. The minimum absolute atomic E-state index is 0.598. The van der Waals surface area contributed by atoms with E-state index in [9.17, 15) is 0 Å². The van der Waals surface area contributed by atoms with Crippen LogP contribution < -0.4 is 55.5 Å². The maximum absolute atomic E-state index is 6.05. The summed E-state index contributed by atoms with van der Waals surface area (Å²) < 4.78 is 33.4. The molecule has 0 aliphatic heterocycles. The number of hydrogen-bond acceptors (Lipinski definition) is 8. The molecule has 0 unspecified atom stereocenters. The van der Waals surface area contributed by atoms with E-state index < -0.39 is 10.6 Å². The summed E-state index contributed by atoms with van der Waals surface area (Å²) in [6, 6.07) is 86.2. The van der Waals surface area contributed by atoms with Gasteiger partial charge in [-0.15, -0.1) is 0 Å². The van der Waals surface area contributed by atoms with Crippen LogP contribution in [0, 0.1) is 6.92 Å². The van der Waals surface area contributed by atoms with Crippen molar-refractivity contribution >= 4 is 97.7 Å². The first-order valence-corrected chi connectivity index (χ1v) is 38.5. The van der Waals surface area contributed by atoms with Gasteiger partial charge in [0.1, 0.15) is 11.5 Å². The van der Waals surface area contributed by atoms with E-state index in [0.717, 1.165) is 95.6 Å². The Hall–Kier alpha value is -7.68. The van der Waals surface area contributed by atoms with Crippen molar-refractivity contribution in [2.75, 3.05) is 48.8 Å². The molecule has 0 spiro atoms. The third-order valence-electron chi connectivity index (χ3n) is 16.0. The molecule has 12 heteroatoms. The molecule has 10 aromatic rings. The van der Waals surface area contributed by atoms with Crippen molar-refractivity contribution in [3.05, 3.63) is 282 Å². The molecule has 0 fully saturated rings. The van der Waals surface area contributed by atoms with Gasteiger partial charge in [-0.05, 0) is 85.9 Å². The second kappa shape index (κ2) is 30.5. The Kier molecular flexibility index (Phi) is 22.4. The fraction of sp³-hybridized carbons (Fsp3) is 0.184. The molecular weight excluding hydrogens is 1260 g/mol. The zero-order valence-electron chi connectivity index (χ0n) is 51.1. The first kappa shape index (κ1) is 64.8. The van der Waals surface area contributed by atoms with Gasteiger partial charge in [-0.3, -0.25) is 0 Å². The minimum Gasteiger partial charge on any atom is -0.496 e. The van der Waals surface area contributed by atoms with Crippen molar-refractivity contribution in [1.29, 1.82) is 0 Å². The number of ether oxygens (including phenoxy) is 6. The van der Waals surface area contributed by atoms with Crippen LogP contribution in [0.1, 0.15) is 65.1 Å². The Morgan fingerprint density at radius 2 is 0.670 bits per heavy atom. The average Bonchev–Trinajstić information content (AvgIpc) is 0.744. The van der Waals surface area contributed by atoms with E-state index in [0.29, 0.717) is 23.9 Å². The number of methoxy groups -OCH3 is 5. The summed E-state index contributed by atoms with van der Waals surface area (Å²) in [6.07, 6.45) is 13.6. The number of hydrogen-bond donors (Lipinski definition) is 0. The molecule has 0 saturated heterocycles. The van der Waals surface area contributed by atoms with Crippen LogP contribution in [0.4, 0.5) is 0 Å². The van der Waals surface area contributed by atoms with Crippen LogP contribution in [0.5, 0.6) is 28.7 Å². The molecule has 452 valence electrons. The topological polar surface area (TPSA) is 81.2 Å². The van der Waals surface area contributed by atoms with Gasteiger partial charge in [0.2, 0.25) is 5.75 Å². The zero-order valence-corrected chi connectivity index (χ0v) is 56.0. The molecule has 2 heterocycles. The monoisotopic (exact) mass is 1330 g/mol. The van der Waals surface area contributed by atoms with E-state index in [4.69, 9.17) is 38.4 Å². The number of unbranched alkanes of at least 4 members (excludes halogenated alkanes) is 3. The predicted octanol–water partition coefficient (Wildman–Crippen LogP) is 17.1. The smallest absolute Gasteiger partial charge is 0.203 e. The molecule has 88 heavy (non-hydrogen) atoms. The van der Waals surface area contributed by atoms with Crippen molar-refractivity contribution in [2.24, 2.45) is 0 Å². The van der Waals surface area contributed by atoms with Gasteiger partial charge >= 0.3 is 302 Å². The minimum atomic E-state index is -3.24. The van der Waals surface area contributed by atoms with Crippen LogP contribution in [-0.2, 0) is 17.1 Å². The molecule has 2 aromatic heterocycles. The summed E-state index contributed by atoms with van der Waals surface area (Å²) in [6.45, 7) is 3.37. The molecule has 10 rings (SSSR count). The Morgan fingerprint density at radius 3 is 1.00 bits per heavy atom. The Labute approximate surface area is 537 Å². The zero-order chi connectivity index (χ0) is 61.7. The van der Waals surface area contributed by atoms with Crippen molar-refractivity contribution in [2.45, 2.75) is 44.9 Å². The van der Waals surface area contributed by atoms with Crippen LogP contribution in [0.2, 0.25) is 0 Å². The van der Waals surface area contributed by atoms with Gasteiger partial charge in [-0.2, -0.15) is 0 Å². The van der Waals surface area contributed by atoms with E-state index >= 15 is 0 Å². The van der Waals surface area contributed by atoms with Gasteiger partial charge in [0.05, 0.1) is 46.4 Å². The average molecular weight is 1340 g/mol. The van der Waals surface area contributed by atoms with Gasteiger partial charge in [0.25, 0.3) is 0 Å². The maximum atomic E-state index is 6.05. The fourth-order valence-electron chi connectivity index (χ4n) is 11.4. The standard InChI is InChI=1S/C43H37Br2NP2.C33H41NO6/c44-47(38-22-7-1-8-23-38,39-24-9-2-10-25-39,40-26-11-3-12-27-40)34-36-20-19-21-37(46-36)35-48(45,41-28-13-4-14-29-41,42-30-15-5-16-31-42)43-32-17-6-18-33-43;1-24-29(36-3)20-25(21-30(24)37-4)14-16-27-12-11-13-28(34-27)17-15-26-22-31(38-5)33(32(23-26)39-6)40-19-10-8-7-9-18-35-2/h1-33H,34-35H2;11-17,20-23H,7-10,18-19H2,1-6H3/b;16-14+,17-15+. The summed E-state index contributed by atoms with van der Waals surface area (Å²) in [5.74, 6) is 3.44. The number of aromatic nitrogens is 2. The second-order valence-electron chi connectivity index (χ2n) is 21.5. The summed E-state index contributed by atoms with van der Waals surface area (Å²) in [7, 11) is 8.32. The largest absolute Gasteiger partial charge is 0.496 e. The van der Waals surface area contributed by atoms with Crippen molar-refractivity contribution < 1.29 is 28.4 Å². The normalized spacial score (nSPS) is 12.5.